The maximum atomic E-state index is 12.0. The molecule has 0 bridgehead atoms. The predicted octanol–water partition coefficient (Wildman–Crippen LogP) is 2.04. The van der Waals surface area contributed by atoms with Crippen LogP contribution in [0.5, 0.6) is 0 Å². The van der Waals surface area contributed by atoms with Gasteiger partial charge in [0.15, 0.2) is 5.73 Å². The van der Waals surface area contributed by atoms with Gasteiger partial charge in [0.1, 0.15) is 0 Å². The molecule has 0 saturated carbocycles. The molecule has 1 aromatic carbocycles. The van der Waals surface area contributed by atoms with Crippen LogP contribution in [-0.4, -0.2) is 41.8 Å². The fraction of sp³-hybridized carbons (Fsp3) is 0.462. The van der Waals surface area contributed by atoms with Crippen LogP contribution in [0.25, 0.3) is 0 Å². The zero-order chi connectivity index (χ0) is 14.3. The molecule has 1 unspecified atom stereocenters. The van der Waals surface area contributed by atoms with Gasteiger partial charge in [-0.2, -0.15) is 0 Å². The van der Waals surface area contributed by atoms with Crippen LogP contribution in [0.15, 0.2) is 30.3 Å². The van der Waals surface area contributed by atoms with E-state index < -0.39 is 20.5 Å². The van der Waals surface area contributed by atoms with Crippen LogP contribution in [-0.2, 0) is 18.0 Å². The average molecular weight is 284 g/mol. The Balaban J connectivity index is 2.85. The Hall–Kier alpha value is -1.21. The van der Waals surface area contributed by atoms with Crippen LogP contribution < -0.4 is 0 Å². The van der Waals surface area contributed by atoms with Crippen molar-refractivity contribution in [3.8, 4) is 0 Å². The molecule has 0 aliphatic heterocycles. The minimum Gasteiger partial charge on any atom is -0.454 e. The Morgan fingerprint density at radius 1 is 1.11 bits per heavy atom. The van der Waals surface area contributed by atoms with Crippen molar-refractivity contribution in [2.45, 2.75) is 19.1 Å². The molecule has 0 N–H and O–H groups in total. The maximum Gasteiger partial charge on any atom is 0.543 e. The van der Waals surface area contributed by atoms with E-state index >= 15 is 0 Å². The summed E-state index contributed by atoms with van der Waals surface area (Å²) in [4.78, 5) is 12.0. The number of benzene rings is 1. The van der Waals surface area contributed by atoms with E-state index in [0.717, 1.165) is 0 Å². The molecule has 5 nitrogen and oxygen atoms in total. The summed E-state index contributed by atoms with van der Waals surface area (Å²) in [5.41, 5.74) is -0.0348. The average Bonchev–Trinajstić information content (AvgIpc) is 2.49. The van der Waals surface area contributed by atoms with Gasteiger partial charge in [0.05, 0.1) is 5.56 Å². The highest BCUT2D eigenvalue weighted by atomic mass is 28.4. The summed E-state index contributed by atoms with van der Waals surface area (Å²) in [5.74, 6) is -0.407. The Bertz CT molecular complexity index is 383. The molecule has 0 heterocycles. The third kappa shape index (κ3) is 3.63. The molecule has 0 aromatic heterocycles. The van der Waals surface area contributed by atoms with Gasteiger partial charge in [-0.1, -0.05) is 25.1 Å². The van der Waals surface area contributed by atoms with Crippen molar-refractivity contribution in [2.75, 3.05) is 21.3 Å². The molecule has 0 saturated heterocycles. The van der Waals surface area contributed by atoms with Crippen molar-refractivity contribution in [3.05, 3.63) is 35.9 Å². The van der Waals surface area contributed by atoms with Crippen molar-refractivity contribution >= 4 is 14.8 Å². The molecule has 106 valence electrons. The molecule has 6 heteroatoms. The van der Waals surface area contributed by atoms with E-state index in [9.17, 15) is 4.79 Å². The van der Waals surface area contributed by atoms with E-state index in [-0.39, 0.29) is 0 Å². The first-order chi connectivity index (χ1) is 9.13. The lowest BCUT2D eigenvalue weighted by molar-refractivity contribution is 0.0126. The summed E-state index contributed by atoms with van der Waals surface area (Å²) >= 11 is 0. The monoisotopic (exact) mass is 284 g/mol. The largest absolute Gasteiger partial charge is 0.543 e. The van der Waals surface area contributed by atoms with Crippen LogP contribution in [0.3, 0.4) is 0 Å². The molecule has 0 radical (unpaired) electrons. The van der Waals surface area contributed by atoms with E-state index in [1.165, 1.54) is 21.3 Å². The number of hydrogen-bond donors (Lipinski definition) is 0. The Morgan fingerprint density at radius 2 is 1.63 bits per heavy atom. The van der Waals surface area contributed by atoms with Crippen molar-refractivity contribution in [1.82, 2.24) is 0 Å². The predicted molar refractivity (Wildman–Crippen MR) is 72.7 cm³/mol. The lowest BCUT2D eigenvalue weighted by Crippen LogP contribution is -2.55. The lowest BCUT2D eigenvalue weighted by Gasteiger charge is -2.31. The highest BCUT2D eigenvalue weighted by molar-refractivity contribution is 6.62. The topological polar surface area (TPSA) is 54.0 Å². The van der Waals surface area contributed by atoms with E-state index in [1.807, 2.05) is 13.0 Å². The zero-order valence-corrected chi connectivity index (χ0v) is 12.7. The zero-order valence-electron chi connectivity index (χ0n) is 11.7. The second-order valence-electron chi connectivity index (χ2n) is 3.88. The summed E-state index contributed by atoms with van der Waals surface area (Å²) in [7, 11) is 1.51. The van der Waals surface area contributed by atoms with E-state index in [2.05, 4.69) is 0 Å². The van der Waals surface area contributed by atoms with Crippen LogP contribution in [0.4, 0.5) is 0 Å². The fourth-order valence-electron chi connectivity index (χ4n) is 1.82. The van der Waals surface area contributed by atoms with Gasteiger partial charge in [0.2, 0.25) is 0 Å². The number of ether oxygens (including phenoxy) is 1. The van der Waals surface area contributed by atoms with Gasteiger partial charge < -0.3 is 18.0 Å². The minimum absolute atomic E-state index is 0.407. The van der Waals surface area contributed by atoms with Crippen LogP contribution >= 0.6 is 0 Å². The van der Waals surface area contributed by atoms with Crippen molar-refractivity contribution in [3.63, 3.8) is 0 Å². The summed E-state index contributed by atoms with van der Waals surface area (Å²) in [6, 6.07) is 8.80. The molecule has 1 rings (SSSR count). The lowest BCUT2D eigenvalue weighted by atomic mass is 10.2. The molecule has 0 aliphatic rings. The number of hydrogen-bond acceptors (Lipinski definition) is 5. The van der Waals surface area contributed by atoms with Crippen LogP contribution in [0.1, 0.15) is 23.7 Å². The molecule has 1 aromatic rings. The maximum absolute atomic E-state index is 12.0. The summed E-state index contributed by atoms with van der Waals surface area (Å²) in [6.45, 7) is 1.89. The Morgan fingerprint density at radius 3 is 2.05 bits per heavy atom. The number of rotatable bonds is 7. The second-order valence-corrected chi connectivity index (χ2v) is 6.96. The van der Waals surface area contributed by atoms with Crippen molar-refractivity contribution in [1.29, 1.82) is 0 Å². The first kappa shape index (κ1) is 15.8. The van der Waals surface area contributed by atoms with E-state index in [1.54, 1.807) is 24.3 Å². The van der Waals surface area contributed by atoms with E-state index in [4.69, 9.17) is 18.0 Å². The molecule has 0 amide bonds. The molecule has 0 aliphatic carbocycles. The molecular formula is C13H20O5Si. The number of esters is 1. The first-order valence-corrected chi connectivity index (χ1v) is 7.85. The SMILES string of the molecule is CCC(OC(=O)c1ccccc1)[Si](OC)(OC)OC. The van der Waals surface area contributed by atoms with Crippen LogP contribution in [0, 0.1) is 0 Å². The second kappa shape index (κ2) is 7.39. The van der Waals surface area contributed by atoms with Gasteiger partial charge in [-0.15, -0.1) is 0 Å². The molecule has 0 spiro atoms. The molecular weight excluding hydrogens is 264 g/mol. The van der Waals surface area contributed by atoms with Gasteiger partial charge in [-0.25, -0.2) is 4.79 Å². The quantitative estimate of drug-likeness (QED) is 0.566. The van der Waals surface area contributed by atoms with E-state index in [0.29, 0.717) is 12.0 Å². The van der Waals surface area contributed by atoms with Crippen LogP contribution in [0.2, 0.25) is 0 Å². The fourth-order valence-corrected chi connectivity index (χ4v) is 3.86. The normalized spacial score (nSPS) is 13.1. The first-order valence-electron chi connectivity index (χ1n) is 6.05. The van der Waals surface area contributed by atoms with Gasteiger partial charge in [0.25, 0.3) is 0 Å². The third-order valence-electron chi connectivity index (χ3n) is 2.88. The van der Waals surface area contributed by atoms with Gasteiger partial charge in [0, 0.05) is 21.3 Å². The minimum atomic E-state index is -2.99. The number of carbonyl (C=O) groups is 1. The molecule has 19 heavy (non-hydrogen) atoms. The third-order valence-corrected chi connectivity index (χ3v) is 5.90. The summed E-state index contributed by atoms with van der Waals surface area (Å²) in [6.07, 6.45) is 0.556. The smallest absolute Gasteiger partial charge is 0.454 e. The Kier molecular flexibility index (Phi) is 6.17. The van der Waals surface area contributed by atoms with Gasteiger partial charge in [-0.05, 0) is 18.6 Å². The number of carbonyl (C=O) groups excluding carboxylic acids is 1. The molecule has 1 atom stereocenters. The standard InChI is InChI=1S/C13H20O5Si/c1-5-12(19(15-2,16-3)17-4)18-13(14)11-9-7-6-8-10-11/h6-10,12H,5H2,1-4H3. The Labute approximate surface area is 114 Å². The van der Waals surface area contributed by atoms with Crippen molar-refractivity contribution in [2.24, 2.45) is 0 Å². The summed E-state index contributed by atoms with van der Waals surface area (Å²) < 4.78 is 21.5. The van der Waals surface area contributed by atoms with Crippen molar-refractivity contribution < 1.29 is 22.8 Å². The van der Waals surface area contributed by atoms with Gasteiger partial charge in [-0.3, -0.25) is 0 Å². The van der Waals surface area contributed by atoms with Gasteiger partial charge >= 0.3 is 14.8 Å². The summed E-state index contributed by atoms with van der Waals surface area (Å²) in [5, 5.41) is 0. The highest BCUT2D eigenvalue weighted by Crippen LogP contribution is 2.19. The highest BCUT2D eigenvalue weighted by Gasteiger charge is 2.49. The molecule has 0 fully saturated rings.